The first-order chi connectivity index (χ1) is 9.78. The van der Waals surface area contributed by atoms with Crippen LogP contribution in [0, 0.1) is 28.6 Å². The third-order valence-electron chi connectivity index (χ3n) is 7.06. The summed E-state index contributed by atoms with van der Waals surface area (Å²) < 4.78 is 0. The molecule has 0 aromatic carbocycles. The van der Waals surface area contributed by atoms with Crippen LogP contribution in [0.3, 0.4) is 0 Å². The summed E-state index contributed by atoms with van der Waals surface area (Å²) in [6.07, 6.45) is 10.7. The van der Waals surface area contributed by atoms with Crippen molar-refractivity contribution >= 4 is 0 Å². The predicted molar refractivity (Wildman–Crippen MR) is 89.0 cm³/mol. The topological polar surface area (TPSA) is 20.2 Å². The second-order valence-electron chi connectivity index (χ2n) is 8.80. The second kappa shape index (κ2) is 4.98. The average Bonchev–Trinajstić information content (AvgIpc) is 2.59. The zero-order valence-corrected chi connectivity index (χ0v) is 14.4. The molecule has 0 aromatic heterocycles. The van der Waals surface area contributed by atoms with E-state index in [4.69, 9.17) is 0 Å². The summed E-state index contributed by atoms with van der Waals surface area (Å²) in [5.74, 6) is 1.88. The fraction of sp³-hybridized carbons (Fsp3) is 0.800. The molecule has 3 aliphatic carbocycles. The van der Waals surface area contributed by atoms with E-state index in [2.05, 4.69) is 46.8 Å². The quantitative estimate of drug-likeness (QED) is 0.665. The standard InChI is InChI=1S/C20H32O/c1-13(2)15-12-17(21)20(5)11-10-19(4)9-8-14(3)6-7-16(19)18(15)20/h8,12-13,16-18,21H,6-7,9-11H2,1-5H3/t16?,17-,18+,19+,20+/m1/s1. The van der Waals surface area contributed by atoms with E-state index in [0.29, 0.717) is 17.3 Å². The largest absolute Gasteiger partial charge is 0.388 e. The van der Waals surface area contributed by atoms with Crippen LogP contribution in [0.5, 0.6) is 0 Å². The SMILES string of the molecule is CC1=CC[C@@]2(C)CC[C@@]3(C)[C@H](O)C=C(C(C)C)[C@H]3C2CC1. The lowest BCUT2D eigenvalue weighted by Gasteiger charge is -2.54. The molecule has 0 saturated heterocycles. The van der Waals surface area contributed by atoms with Crippen molar-refractivity contribution in [1.29, 1.82) is 0 Å². The molecule has 1 fully saturated rings. The van der Waals surface area contributed by atoms with Crippen LogP contribution < -0.4 is 0 Å². The number of fused-ring (bicyclic) bond motifs is 3. The van der Waals surface area contributed by atoms with Gasteiger partial charge in [-0.25, -0.2) is 0 Å². The van der Waals surface area contributed by atoms with Crippen molar-refractivity contribution < 1.29 is 5.11 Å². The lowest BCUT2D eigenvalue weighted by atomic mass is 9.51. The first-order valence-corrected chi connectivity index (χ1v) is 8.83. The molecule has 118 valence electrons. The normalized spacial score (nSPS) is 46.5. The van der Waals surface area contributed by atoms with E-state index in [1.807, 2.05) is 0 Å². The highest BCUT2D eigenvalue weighted by Crippen LogP contribution is 2.63. The number of rotatable bonds is 1. The zero-order valence-electron chi connectivity index (χ0n) is 14.4. The van der Waals surface area contributed by atoms with Gasteiger partial charge in [0.1, 0.15) is 0 Å². The van der Waals surface area contributed by atoms with Gasteiger partial charge in [0.25, 0.3) is 0 Å². The Labute approximate surface area is 130 Å². The van der Waals surface area contributed by atoms with Crippen LogP contribution in [-0.2, 0) is 0 Å². The Morgan fingerprint density at radius 2 is 1.95 bits per heavy atom. The molecule has 21 heavy (non-hydrogen) atoms. The Balaban J connectivity index is 2.01. The molecular weight excluding hydrogens is 256 g/mol. The van der Waals surface area contributed by atoms with E-state index in [0.717, 1.165) is 5.92 Å². The second-order valence-corrected chi connectivity index (χ2v) is 8.80. The predicted octanol–water partition coefficient (Wildman–Crippen LogP) is 5.11. The van der Waals surface area contributed by atoms with Crippen LogP contribution in [0.25, 0.3) is 0 Å². The first-order valence-electron chi connectivity index (χ1n) is 8.83. The van der Waals surface area contributed by atoms with Gasteiger partial charge in [-0.15, -0.1) is 0 Å². The Morgan fingerprint density at radius 1 is 1.24 bits per heavy atom. The molecule has 1 N–H and O–H groups in total. The van der Waals surface area contributed by atoms with Crippen LogP contribution in [0.15, 0.2) is 23.3 Å². The van der Waals surface area contributed by atoms with E-state index in [-0.39, 0.29) is 11.5 Å². The molecule has 0 radical (unpaired) electrons. The van der Waals surface area contributed by atoms with Gasteiger partial charge in [-0.05, 0) is 62.2 Å². The zero-order chi connectivity index (χ0) is 15.4. The van der Waals surface area contributed by atoms with Crippen molar-refractivity contribution in [2.75, 3.05) is 0 Å². The van der Waals surface area contributed by atoms with Gasteiger partial charge in [-0.3, -0.25) is 0 Å². The lowest BCUT2D eigenvalue weighted by molar-refractivity contribution is -0.0619. The Kier molecular flexibility index (Phi) is 3.64. The molecule has 0 heterocycles. The molecule has 3 rings (SSSR count). The molecule has 0 spiro atoms. The average molecular weight is 288 g/mol. The highest BCUT2D eigenvalue weighted by molar-refractivity contribution is 5.29. The monoisotopic (exact) mass is 288 g/mol. The van der Waals surface area contributed by atoms with Gasteiger partial charge in [-0.1, -0.05) is 51.0 Å². The molecule has 1 heteroatoms. The summed E-state index contributed by atoms with van der Waals surface area (Å²) in [5.41, 5.74) is 3.63. The maximum absolute atomic E-state index is 10.7. The summed E-state index contributed by atoms with van der Waals surface area (Å²) in [6.45, 7) is 11.8. The first kappa shape index (κ1) is 15.3. The molecule has 3 aliphatic rings. The minimum atomic E-state index is -0.234. The maximum Gasteiger partial charge on any atom is 0.0783 e. The van der Waals surface area contributed by atoms with Gasteiger partial charge >= 0.3 is 0 Å². The third-order valence-corrected chi connectivity index (χ3v) is 7.06. The van der Waals surface area contributed by atoms with Gasteiger partial charge in [0, 0.05) is 5.41 Å². The third kappa shape index (κ3) is 2.23. The van der Waals surface area contributed by atoms with E-state index >= 15 is 0 Å². The van der Waals surface area contributed by atoms with E-state index in [1.54, 1.807) is 11.1 Å². The van der Waals surface area contributed by atoms with Crippen LogP contribution in [0.2, 0.25) is 0 Å². The minimum absolute atomic E-state index is 0.0853. The van der Waals surface area contributed by atoms with Crippen molar-refractivity contribution in [1.82, 2.24) is 0 Å². The van der Waals surface area contributed by atoms with Gasteiger partial charge in [0.15, 0.2) is 0 Å². The molecule has 5 atom stereocenters. The van der Waals surface area contributed by atoms with Gasteiger partial charge in [0.2, 0.25) is 0 Å². The molecular formula is C20H32O. The van der Waals surface area contributed by atoms with Crippen LogP contribution in [-0.4, -0.2) is 11.2 Å². The van der Waals surface area contributed by atoms with Gasteiger partial charge < -0.3 is 5.11 Å². The van der Waals surface area contributed by atoms with Crippen LogP contribution >= 0.6 is 0 Å². The number of aliphatic hydroxyl groups excluding tert-OH is 1. The highest BCUT2D eigenvalue weighted by Gasteiger charge is 2.57. The Bertz CT molecular complexity index is 486. The Morgan fingerprint density at radius 3 is 2.62 bits per heavy atom. The molecule has 0 aromatic rings. The van der Waals surface area contributed by atoms with Crippen LogP contribution in [0.4, 0.5) is 0 Å². The number of aliphatic hydroxyl groups is 1. The van der Waals surface area contributed by atoms with Crippen molar-refractivity contribution in [2.24, 2.45) is 28.6 Å². The van der Waals surface area contributed by atoms with Crippen molar-refractivity contribution in [3.8, 4) is 0 Å². The van der Waals surface area contributed by atoms with Crippen molar-refractivity contribution in [3.05, 3.63) is 23.3 Å². The fourth-order valence-corrected chi connectivity index (χ4v) is 5.39. The van der Waals surface area contributed by atoms with Crippen molar-refractivity contribution in [2.45, 2.75) is 72.8 Å². The van der Waals surface area contributed by atoms with E-state index in [1.165, 1.54) is 32.1 Å². The summed E-state index contributed by atoms with van der Waals surface area (Å²) in [4.78, 5) is 0. The number of hydrogen-bond acceptors (Lipinski definition) is 1. The van der Waals surface area contributed by atoms with Crippen molar-refractivity contribution in [3.63, 3.8) is 0 Å². The number of hydrogen-bond donors (Lipinski definition) is 1. The molecule has 0 aliphatic heterocycles. The fourth-order valence-electron chi connectivity index (χ4n) is 5.39. The maximum atomic E-state index is 10.7. The van der Waals surface area contributed by atoms with Gasteiger partial charge in [0.05, 0.1) is 6.10 Å². The minimum Gasteiger partial charge on any atom is -0.388 e. The highest BCUT2D eigenvalue weighted by atomic mass is 16.3. The van der Waals surface area contributed by atoms with Gasteiger partial charge in [-0.2, -0.15) is 0 Å². The lowest BCUT2D eigenvalue weighted by Crippen LogP contribution is -2.49. The summed E-state index contributed by atoms with van der Waals surface area (Å²) in [6, 6.07) is 0. The molecule has 0 amide bonds. The molecule has 0 bridgehead atoms. The van der Waals surface area contributed by atoms with Crippen LogP contribution in [0.1, 0.15) is 66.7 Å². The summed E-state index contributed by atoms with van der Waals surface area (Å²) in [7, 11) is 0. The summed E-state index contributed by atoms with van der Waals surface area (Å²) >= 11 is 0. The number of allylic oxidation sites excluding steroid dienone is 3. The molecule has 1 saturated carbocycles. The molecule has 1 unspecified atom stereocenters. The smallest absolute Gasteiger partial charge is 0.0783 e. The summed E-state index contributed by atoms with van der Waals surface area (Å²) in [5, 5.41) is 10.7. The Hall–Kier alpha value is -0.560. The molecule has 1 nitrogen and oxygen atoms in total. The van der Waals surface area contributed by atoms with E-state index < -0.39 is 0 Å². The van der Waals surface area contributed by atoms with E-state index in [9.17, 15) is 5.11 Å².